The van der Waals surface area contributed by atoms with Gasteiger partial charge in [0.1, 0.15) is 6.54 Å². The summed E-state index contributed by atoms with van der Waals surface area (Å²) in [7, 11) is 0. The van der Waals surface area contributed by atoms with Crippen molar-refractivity contribution in [1.82, 2.24) is 9.88 Å². The summed E-state index contributed by atoms with van der Waals surface area (Å²) in [4.78, 5) is 31.9. The van der Waals surface area contributed by atoms with E-state index in [-0.39, 0.29) is 12.6 Å². The number of aryl methyl sites for hydroxylation is 1. The first-order valence-electron chi connectivity index (χ1n) is 7.88. The number of carbonyl (C=O) groups excluding carboxylic acids is 2. The number of anilines is 2. The molecular weight excluding hydrogens is 308 g/mol. The zero-order valence-corrected chi connectivity index (χ0v) is 13.8. The van der Waals surface area contributed by atoms with Gasteiger partial charge in [0.2, 0.25) is 0 Å². The van der Waals surface area contributed by atoms with E-state index in [1.165, 1.54) is 4.90 Å². The van der Waals surface area contributed by atoms with Crippen molar-refractivity contribution in [1.29, 1.82) is 0 Å². The van der Waals surface area contributed by atoms with Gasteiger partial charge in [-0.2, -0.15) is 0 Å². The fraction of sp³-hybridized carbons (Fsp3) is 0.353. The second-order valence-electron chi connectivity index (χ2n) is 5.69. The molecular formula is C17H20N4O3. The number of para-hydroxylation sites is 1. The van der Waals surface area contributed by atoms with Gasteiger partial charge in [0.25, 0.3) is 0 Å². The third-order valence-corrected chi connectivity index (χ3v) is 4.07. The number of fused-ring (bicyclic) bond motifs is 1. The highest BCUT2D eigenvalue weighted by atomic mass is 16.5. The molecule has 7 heteroatoms. The molecule has 0 atom stereocenters. The van der Waals surface area contributed by atoms with Gasteiger partial charge in [0, 0.05) is 24.7 Å². The summed E-state index contributed by atoms with van der Waals surface area (Å²) in [6.45, 7) is 4.90. The van der Waals surface area contributed by atoms with Gasteiger partial charge in [-0.3, -0.25) is 14.7 Å². The summed E-state index contributed by atoms with van der Waals surface area (Å²) in [5.74, 6) is -0.395. The summed E-state index contributed by atoms with van der Waals surface area (Å²) in [6.07, 6.45) is 1.72. The highest BCUT2D eigenvalue weighted by Crippen LogP contribution is 2.33. The van der Waals surface area contributed by atoms with E-state index in [9.17, 15) is 9.59 Å². The van der Waals surface area contributed by atoms with Gasteiger partial charge in [-0.15, -0.1) is 0 Å². The highest BCUT2D eigenvalue weighted by Gasteiger charge is 2.33. The minimum absolute atomic E-state index is 0.0343. The molecule has 0 radical (unpaired) electrons. The molecule has 1 saturated heterocycles. The van der Waals surface area contributed by atoms with E-state index >= 15 is 0 Å². The van der Waals surface area contributed by atoms with Crippen molar-refractivity contribution in [2.45, 2.75) is 13.8 Å². The van der Waals surface area contributed by atoms with Crippen molar-refractivity contribution in [3.05, 3.63) is 30.0 Å². The van der Waals surface area contributed by atoms with Crippen molar-refractivity contribution in [3.8, 4) is 0 Å². The number of nitrogen functional groups attached to an aromatic ring is 1. The summed E-state index contributed by atoms with van der Waals surface area (Å²) >= 11 is 0. The molecule has 2 N–H and O–H groups in total. The Morgan fingerprint density at radius 1 is 1.38 bits per heavy atom. The molecule has 126 valence electrons. The van der Waals surface area contributed by atoms with E-state index in [2.05, 4.69) is 4.98 Å². The molecule has 0 saturated carbocycles. The summed E-state index contributed by atoms with van der Waals surface area (Å²) in [5.41, 5.74) is 8.93. The molecule has 0 aliphatic carbocycles. The second kappa shape index (κ2) is 6.35. The number of benzene rings is 1. The van der Waals surface area contributed by atoms with Crippen LogP contribution in [0.4, 0.5) is 16.2 Å². The third kappa shape index (κ3) is 2.73. The lowest BCUT2D eigenvalue weighted by Gasteiger charge is -2.21. The lowest BCUT2D eigenvalue weighted by atomic mass is 10.1. The number of rotatable bonds is 4. The van der Waals surface area contributed by atoms with Crippen LogP contribution in [0, 0.1) is 6.92 Å². The standard InChI is InChI=1S/C17H20N4O3/c1-3-24-14(22)10-20-7-8-21(17(20)23)16-11(2)9-19-15-12(16)5-4-6-13(15)18/h4-6,9H,3,7-8,10,18H2,1-2H3. The molecule has 2 amide bonds. The molecule has 2 heterocycles. The maximum Gasteiger partial charge on any atom is 0.325 e. The number of ether oxygens (including phenoxy) is 1. The first-order chi connectivity index (χ1) is 11.5. The van der Waals surface area contributed by atoms with Crippen molar-refractivity contribution in [2.75, 3.05) is 36.9 Å². The predicted octanol–water partition coefficient (Wildman–Crippen LogP) is 1.93. The molecule has 3 rings (SSSR count). The Kier molecular flexibility index (Phi) is 4.24. The molecule has 1 aliphatic rings. The van der Waals surface area contributed by atoms with Gasteiger partial charge in [-0.05, 0) is 25.5 Å². The van der Waals surface area contributed by atoms with Gasteiger partial charge >= 0.3 is 12.0 Å². The van der Waals surface area contributed by atoms with E-state index in [1.807, 2.05) is 19.1 Å². The predicted molar refractivity (Wildman–Crippen MR) is 91.8 cm³/mol. The molecule has 1 aromatic carbocycles. The first-order valence-corrected chi connectivity index (χ1v) is 7.88. The first kappa shape index (κ1) is 16.0. The quantitative estimate of drug-likeness (QED) is 0.684. The Hall–Kier alpha value is -2.83. The summed E-state index contributed by atoms with van der Waals surface area (Å²) < 4.78 is 4.92. The van der Waals surface area contributed by atoms with Gasteiger partial charge in [-0.25, -0.2) is 4.79 Å². The lowest BCUT2D eigenvalue weighted by molar-refractivity contribution is -0.143. The molecule has 0 bridgehead atoms. The fourth-order valence-corrected chi connectivity index (χ4v) is 2.99. The number of amides is 2. The number of hydrogen-bond acceptors (Lipinski definition) is 5. The normalized spacial score (nSPS) is 14.5. The van der Waals surface area contributed by atoms with Crippen LogP contribution in [-0.2, 0) is 9.53 Å². The maximum absolute atomic E-state index is 12.7. The number of carbonyl (C=O) groups is 2. The Morgan fingerprint density at radius 2 is 2.17 bits per heavy atom. The largest absolute Gasteiger partial charge is 0.465 e. The minimum atomic E-state index is -0.395. The Bertz CT molecular complexity index is 806. The monoisotopic (exact) mass is 328 g/mol. The van der Waals surface area contributed by atoms with Crippen LogP contribution in [-0.4, -0.2) is 48.1 Å². The number of nitrogens with zero attached hydrogens (tertiary/aromatic N) is 3. The SMILES string of the molecule is CCOC(=O)CN1CCN(c2c(C)cnc3c(N)cccc23)C1=O. The summed E-state index contributed by atoms with van der Waals surface area (Å²) in [5, 5.41) is 0.835. The third-order valence-electron chi connectivity index (χ3n) is 4.07. The van der Waals surface area contributed by atoms with Crippen molar-refractivity contribution in [3.63, 3.8) is 0 Å². The zero-order valence-electron chi connectivity index (χ0n) is 13.8. The number of urea groups is 1. The van der Waals surface area contributed by atoms with Crippen LogP contribution in [0.15, 0.2) is 24.4 Å². The van der Waals surface area contributed by atoms with E-state index < -0.39 is 5.97 Å². The van der Waals surface area contributed by atoms with Crippen LogP contribution >= 0.6 is 0 Å². The topological polar surface area (TPSA) is 88.8 Å². The number of esters is 1. The molecule has 0 spiro atoms. The molecule has 24 heavy (non-hydrogen) atoms. The Morgan fingerprint density at radius 3 is 2.92 bits per heavy atom. The van der Waals surface area contributed by atoms with E-state index in [1.54, 1.807) is 24.1 Å². The van der Waals surface area contributed by atoms with Gasteiger partial charge < -0.3 is 15.4 Å². The minimum Gasteiger partial charge on any atom is -0.465 e. The average molecular weight is 328 g/mol. The number of nitrogens with two attached hydrogens (primary N) is 1. The lowest BCUT2D eigenvalue weighted by Crippen LogP contribution is -2.36. The number of hydrogen-bond donors (Lipinski definition) is 1. The summed E-state index contributed by atoms with van der Waals surface area (Å²) in [6, 6.07) is 5.33. The Balaban J connectivity index is 1.94. The Labute approximate surface area is 140 Å². The molecule has 1 aromatic heterocycles. The van der Waals surface area contributed by atoms with Gasteiger partial charge in [-0.1, -0.05) is 12.1 Å². The second-order valence-corrected chi connectivity index (χ2v) is 5.69. The zero-order chi connectivity index (χ0) is 17.3. The van der Waals surface area contributed by atoms with Crippen molar-refractivity contribution in [2.24, 2.45) is 0 Å². The van der Waals surface area contributed by atoms with Crippen LogP contribution in [0.25, 0.3) is 10.9 Å². The van der Waals surface area contributed by atoms with E-state index in [4.69, 9.17) is 10.5 Å². The molecule has 7 nitrogen and oxygen atoms in total. The van der Waals surface area contributed by atoms with E-state index in [0.717, 1.165) is 16.6 Å². The number of pyridine rings is 1. The van der Waals surface area contributed by atoms with Gasteiger partial charge in [0.15, 0.2) is 0 Å². The van der Waals surface area contributed by atoms with Crippen LogP contribution in [0.1, 0.15) is 12.5 Å². The maximum atomic E-state index is 12.7. The molecule has 1 fully saturated rings. The molecule has 1 aliphatic heterocycles. The van der Waals surface area contributed by atoms with Crippen molar-refractivity contribution >= 4 is 34.3 Å². The van der Waals surface area contributed by atoms with Crippen LogP contribution in [0.5, 0.6) is 0 Å². The molecule has 0 unspecified atom stereocenters. The number of aromatic nitrogens is 1. The van der Waals surface area contributed by atoms with Crippen LogP contribution in [0.2, 0.25) is 0 Å². The average Bonchev–Trinajstić information content (AvgIpc) is 2.89. The highest BCUT2D eigenvalue weighted by molar-refractivity contribution is 6.07. The fourth-order valence-electron chi connectivity index (χ4n) is 2.99. The van der Waals surface area contributed by atoms with Crippen LogP contribution in [0.3, 0.4) is 0 Å². The van der Waals surface area contributed by atoms with Crippen LogP contribution < -0.4 is 10.6 Å². The smallest absolute Gasteiger partial charge is 0.325 e. The van der Waals surface area contributed by atoms with E-state index in [0.29, 0.717) is 30.9 Å². The van der Waals surface area contributed by atoms with Crippen molar-refractivity contribution < 1.29 is 14.3 Å². The molecule has 2 aromatic rings. The van der Waals surface area contributed by atoms with Gasteiger partial charge in [0.05, 0.1) is 23.5 Å².